The van der Waals surface area contributed by atoms with Crippen LogP contribution in [0.5, 0.6) is 0 Å². The lowest BCUT2D eigenvalue weighted by Crippen LogP contribution is -1.93. The van der Waals surface area contributed by atoms with Gasteiger partial charge in [-0.1, -0.05) is 17.7 Å². The smallest absolute Gasteiger partial charge is 0.258 e. The summed E-state index contributed by atoms with van der Waals surface area (Å²) in [5, 5.41) is 13.1. The maximum Gasteiger partial charge on any atom is 0.270 e. The lowest BCUT2D eigenvalue weighted by molar-refractivity contribution is -0.384. The van der Waals surface area contributed by atoms with Crippen LogP contribution in [0.15, 0.2) is 23.2 Å². The van der Waals surface area contributed by atoms with E-state index in [2.05, 4.69) is 22.4 Å². The molecule has 0 spiro atoms. The van der Waals surface area contributed by atoms with Gasteiger partial charge in [-0.2, -0.15) is 0 Å². The average molecular weight is 243 g/mol. The van der Waals surface area contributed by atoms with E-state index in [1.807, 2.05) is 0 Å². The number of hydrogen-bond acceptors (Lipinski definition) is 4. The summed E-state index contributed by atoms with van der Waals surface area (Å²) in [7, 11) is 0. The fourth-order valence-electron chi connectivity index (χ4n) is 1.07. The Bertz CT molecular complexity index is 430. The number of nitro groups is 1. The summed E-state index contributed by atoms with van der Waals surface area (Å²) in [4.78, 5) is 13.7. The first-order valence-electron chi connectivity index (χ1n) is 4.11. The van der Waals surface area contributed by atoms with E-state index in [1.54, 1.807) is 6.07 Å². The van der Waals surface area contributed by atoms with Crippen LogP contribution in [0.25, 0.3) is 0 Å². The van der Waals surface area contributed by atoms with Crippen LogP contribution in [-0.4, -0.2) is 16.6 Å². The molecular formula is C9H7ClN2O2S. The number of thiocarbonyl (C=S) groups is 1. The van der Waals surface area contributed by atoms with Gasteiger partial charge in [0.05, 0.1) is 21.7 Å². The fraction of sp³-hybridized carbons (Fsp3) is 0.222. The Morgan fingerprint density at radius 1 is 1.60 bits per heavy atom. The van der Waals surface area contributed by atoms with Crippen LogP contribution in [0.2, 0.25) is 5.02 Å². The summed E-state index contributed by atoms with van der Waals surface area (Å²) in [6.07, 6.45) is 0.598. The molecular weight excluding hydrogens is 236 g/mol. The minimum absolute atomic E-state index is 0.0120. The van der Waals surface area contributed by atoms with Crippen molar-refractivity contribution in [3.63, 3.8) is 0 Å². The van der Waals surface area contributed by atoms with Crippen molar-refractivity contribution in [1.29, 1.82) is 0 Å². The topological polar surface area (TPSA) is 55.5 Å². The van der Waals surface area contributed by atoms with Crippen molar-refractivity contribution in [1.82, 2.24) is 0 Å². The molecule has 0 radical (unpaired) electrons. The van der Waals surface area contributed by atoms with Crippen LogP contribution in [0.3, 0.4) is 0 Å². The Labute approximate surface area is 96.7 Å². The fourth-order valence-corrected chi connectivity index (χ4v) is 1.44. The zero-order valence-electron chi connectivity index (χ0n) is 7.64. The van der Waals surface area contributed by atoms with Crippen LogP contribution in [-0.2, 0) is 6.42 Å². The first kappa shape index (κ1) is 11.8. The number of halogens is 1. The molecule has 0 aliphatic rings. The van der Waals surface area contributed by atoms with Gasteiger partial charge in [0.1, 0.15) is 0 Å². The molecule has 0 heterocycles. The van der Waals surface area contributed by atoms with Crippen molar-refractivity contribution in [3.05, 3.63) is 38.9 Å². The summed E-state index contributed by atoms with van der Waals surface area (Å²) in [5.74, 6) is 0. The third-order valence-corrected chi connectivity index (χ3v) is 2.29. The molecule has 1 aromatic carbocycles. The summed E-state index contributed by atoms with van der Waals surface area (Å²) in [6, 6.07) is 4.37. The summed E-state index contributed by atoms with van der Waals surface area (Å²) >= 11 is 10.3. The lowest BCUT2D eigenvalue weighted by Gasteiger charge is -2.00. The zero-order valence-corrected chi connectivity index (χ0v) is 9.22. The molecule has 1 aromatic rings. The van der Waals surface area contributed by atoms with E-state index in [0.717, 1.165) is 5.56 Å². The van der Waals surface area contributed by atoms with Crippen LogP contribution in [0, 0.1) is 10.1 Å². The van der Waals surface area contributed by atoms with Gasteiger partial charge in [0, 0.05) is 12.1 Å². The Morgan fingerprint density at radius 3 is 2.87 bits per heavy atom. The number of isothiocyanates is 1. The molecule has 0 unspecified atom stereocenters. The highest BCUT2D eigenvalue weighted by atomic mass is 35.5. The van der Waals surface area contributed by atoms with Gasteiger partial charge in [0.25, 0.3) is 5.69 Å². The molecule has 4 nitrogen and oxygen atoms in total. The molecule has 0 saturated carbocycles. The van der Waals surface area contributed by atoms with Crippen molar-refractivity contribution in [2.24, 2.45) is 4.99 Å². The van der Waals surface area contributed by atoms with Gasteiger partial charge in [-0.3, -0.25) is 10.1 Å². The molecule has 0 N–H and O–H groups in total. The van der Waals surface area contributed by atoms with E-state index in [0.29, 0.717) is 18.0 Å². The number of non-ortho nitro benzene ring substituents is 1. The van der Waals surface area contributed by atoms with Crippen molar-refractivity contribution < 1.29 is 4.92 Å². The van der Waals surface area contributed by atoms with E-state index in [4.69, 9.17) is 11.6 Å². The van der Waals surface area contributed by atoms with Gasteiger partial charge in [0.15, 0.2) is 0 Å². The highest BCUT2D eigenvalue weighted by molar-refractivity contribution is 7.78. The van der Waals surface area contributed by atoms with E-state index in [9.17, 15) is 10.1 Å². The average Bonchev–Trinajstić information content (AvgIpc) is 2.20. The summed E-state index contributed by atoms with van der Waals surface area (Å²) in [5.41, 5.74) is 0.804. The first-order valence-corrected chi connectivity index (χ1v) is 4.90. The first-order chi connectivity index (χ1) is 7.15. The third-order valence-electron chi connectivity index (χ3n) is 1.80. The zero-order chi connectivity index (χ0) is 11.3. The molecule has 78 valence electrons. The molecule has 0 saturated heterocycles. The van der Waals surface area contributed by atoms with E-state index < -0.39 is 4.92 Å². The van der Waals surface area contributed by atoms with Gasteiger partial charge in [-0.05, 0) is 24.2 Å². The van der Waals surface area contributed by atoms with Crippen LogP contribution in [0.1, 0.15) is 5.56 Å². The molecule has 0 aliphatic carbocycles. The molecule has 0 bridgehead atoms. The Kier molecular flexibility index (Phi) is 4.37. The van der Waals surface area contributed by atoms with E-state index >= 15 is 0 Å². The SMILES string of the molecule is O=[N+]([O-])c1ccc(CCN=C=S)c(Cl)c1. The normalized spacial score (nSPS) is 9.40. The number of benzene rings is 1. The Hall–Kier alpha value is -1.29. The van der Waals surface area contributed by atoms with Crippen molar-refractivity contribution >= 4 is 34.7 Å². The van der Waals surface area contributed by atoms with E-state index in [1.165, 1.54) is 12.1 Å². The lowest BCUT2D eigenvalue weighted by atomic mass is 10.1. The number of hydrogen-bond donors (Lipinski definition) is 0. The third kappa shape index (κ3) is 3.40. The molecule has 0 fully saturated rings. The van der Waals surface area contributed by atoms with E-state index in [-0.39, 0.29) is 5.69 Å². The quantitative estimate of drug-likeness (QED) is 0.353. The predicted octanol–water partition coefficient (Wildman–Crippen LogP) is 2.89. The minimum atomic E-state index is -0.481. The standard InChI is InChI=1S/C9H7ClN2O2S/c10-9-5-8(12(13)14)2-1-7(9)3-4-11-6-15/h1-2,5H,3-4H2. The molecule has 15 heavy (non-hydrogen) atoms. The Balaban J connectivity index is 2.83. The van der Waals surface area contributed by atoms with Gasteiger partial charge in [-0.25, -0.2) is 4.99 Å². The molecule has 0 amide bonds. The van der Waals surface area contributed by atoms with Crippen LogP contribution >= 0.6 is 23.8 Å². The molecule has 1 rings (SSSR count). The number of nitro benzene ring substituents is 1. The molecule has 6 heteroatoms. The van der Waals surface area contributed by atoms with Crippen LogP contribution < -0.4 is 0 Å². The number of nitrogens with zero attached hydrogens (tertiary/aromatic N) is 2. The second kappa shape index (κ2) is 5.56. The molecule has 0 atom stereocenters. The molecule has 0 aromatic heterocycles. The van der Waals surface area contributed by atoms with Crippen molar-refractivity contribution in [3.8, 4) is 0 Å². The minimum Gasteiger partial charge on any atom is -0.258 e. The van der Waals surface area contributed by atoms with Gasteiger partial charge in [-0.15, -0.1) is 0 Å². The van der Waals surface area contributed by atoms with Gasteiger partial charge >= 0.3 is 0 Å². The second-order valence-corrected chi connectivity index (χ2v) is 3.35. The highest BCUT2D eigenvalue weighted by Gasteiger charge is 2.08. The maximum atomic E-state index is 10.4. The second-order valence-electron chi connectivity index (χ2n) is 2.76. The van der Waals surface area contributed by atoms with Gasteiger partial charge in [0.2, 0.25) is 0 Å². The molecule has 0 aliphatic heterocycles. The van der Waals surface area contributed by atoms with Crippen molar-refractivity contribution in [2.45, 2.75) is 6.42 Å². The summed E-state index contributed by atoms with van der Waals surface area (Å²) in [6.45, 7) is 0.487. The largest absolute Gasteiger partial charge is 0.270 e. The van der Waals surface area contributed by atoms with Gasteiger partial charge < -0.3 is 0 Å². The maximum absolute atomic E-state index is 10.4. The van der Waals surface area contributed by atoms with Crippen molar-refractivity contribution in [2.75, 3.05) is 6.54 Å². The number of aliphatic imine (C=N–C) groups is 1. The predicted molar refractivity (Wildman–Crippen MR) is 61.7 cm³/mol. The monoisotopic (exact) mass is 242 g/mol. The highest BCUT2D eigenvalue weighted by Crippen LogP contribution is 2.22. The van der Waals surface area contributed by atoms with Crippen LogP contribution in [0.4, 0.5) is 5.69 Å². The summed E-state index contributed by atoms with van der Waals surface area (Å²) < 4.78 is 0. The number of rotatable bonds is 4. The Morgan fingerprint density at radius 2 is 2.33 bits per heavy atom.